The van der Waals surface area contributed by atoms with Crippen LogP contribution in [0.15, 0.2) is 11.4 Å². The summed E-state index contributed by atoms with van der Waals surface area (Å²) in [4.78, 5) is 40.9. The number of fused-ring (bicyclic) bond motifs is 1. The number of carbonyl (C=O) groups excluding carboxylic acids is 2. The van der Waals surface area contributed by atoms with Crippen LogP contribution in [-0.4, -0.2) is 51.8 Å². The molecule has 0 radical (unpaired) electrons. The van der Waals surface area contributed by atoms with Crippen LogP contribution >= 0.6 is 11.3 Å². The average molecular weight is 364 g/mol. The topological polar surface area (TPSA) is 77.9 Å². The second-order valence-electron chi connectivity index (χ2n) is 7.01. The van der Waals surface area contributed by atoms with Crippen molar-refractivity contribution >= 4 is 29.1 Å². The smallest absolute Gasteiger partial charge is 0.326 e. The van der Waals surface area contributed by atoms with Crippen molar-refractivity contribution < 1.29 is 19.5 Å². The van der Waals surface area contributed by atoms with Crippen LogP contribution in [0.5, 0.6) is 0 Å². The molecule has 3 rings (SSSR count). The third kappa shape index (κ3) is 4.03. The van der Waals surface area contributed by atoms with Gasteiger partial charge in [-0.2, -0.15) is 0 Å². The van der Waals surface area contributed by atoms with Gasteiger partial charge in [-0.05, 0) is 42.2 Å². The maximum Gasteiger partial charge on any atom is 0.326 e. The number of carbonyl (C=O) groups is 3. The Balaban J connectivity index is 1.53. The fourth-order valence-electron chi connectivity index (χ4n) is 3.65. The summed E-state index contributed by atoms with van der Waals surface area (Å²) < 4.78 is 0. The highest BCUT2D eigenvalue weighted by atomic mass is 32.1. The van der Waals surface area contributed by atoms with E-state index in [1.807, 2.05) is 12.3 Å². The Morgan fingerprint density at radius 2 is 2.00 bits per heavy atom. The number of likely N-dealkylation sites (tertiary alicyclic amines) is 1. The summed E-state index contributed by atoms with van der Waals surface area (Å²) in [5.74, 6) is -0.893. The molecular formula is C18H24N2O4S. The molecule has 0 aliphatic carbocycles. The van der Waals surface area contributed by atoms with E-state index in [2.05, 4.69) is 6.07 Å². The summed E-state index contributed by atoms with van der Waals surface area (Å²) in [7, 11) is 0. The number of hydrogen-bond acceptors (Lipinski definition) is 4. The van der Waals surface area contributed by atoms with Gasteiger partial charge in [0.25, 0.3) is 0 Å². The lowest BCUT2D eigenvalue weighted by Crippen LogP contribution is -2.50. The van der Waals surface area contributed by atoms with Gasteiger partial charge in [0, 0.05) is 37.4 Å². The summed E-state index contributed by atoms with van der Waals surface area (Å²) in [5.41, 5.74) is 1.20. The summed E-state index contributed by atoms with van der Waals surface area (Å²) in [6.45, 7) is 3.79. The lowest BCUT2D eigenvalue weighted by atomic mass is 9.92. The largest absolute Gasteiger partial charge is 0.480 e. The van der Waals surface area contributed by atoms with Crippen LogP contribution in [0.3, 0.4) is 0 Å². The molecule has 25 heavy (non-hydrogen) atoms. The SMILES string of the molecule is CC1CCN(C(=O)CCC(=O)N2CCc3sccc3C2)C(C(=O)O)C1. The van der Waals surface area contributed by atoms with E-state index in [1.54, 1.807) is 16.2 Å². The van der Waals surface area contributed by atoms with Crippen LogP contribution in [-0.2, 0) is 27.3 Å². The van der Waals surface area contributed by atoms with Crippen LogP contribution in [0.1, 0.15) is 43.0 Å². The molecular weight excluding hydrogens is 340 g/mol. The molecule has 2 amide bonds. The Morgan fingerprint density at radius 1 is 1.24 bits per heavy atom. The number of piperidine rings is 1. The first-order valence-electron chi connectivity index (χ1n) is 8.81. The summed E-state index contributed by atoms with van der Waals surface area (Å²) in [6, 6.07) is 1.30. The molecule has 1 aromatic heterocycles. The van der Waals surface area contributed by atoms with E-state index >= 15 is 0 Å². The minimum atomic E-state index is -0.952. The van der Waals surface area contributed by atoms with Gasteiger partial charge >= 0.3 is 5.97 Å². The van der Waals surface area contributed by atoms with Gasteiger partial charge in [0.05, 0.1) is 0 Å². The lowest BCUT2D eigenvalue weighted by Gasteiger charge is -2.36. The van der Waals surface area contributed by atoms with E-state index in [0.29, 0.717) is 32.0 Å². The van der Waals surface area contributed by atoms with Gasteiger partial charge in [0.15, 0.2) is 0 Å². The Bertz CT molecular complexity index is 672. The fourth-order valence-corrected chi connectivity index (χ4v) is 4.54. The van der Waals surface area contributed by atoms with Crippen molar-refractivity contribution in [3.63, 3.8) is 0 Å². The molecule has 2 atom stereocenters. The molecule has 2 unspecified atom stereocenters. The van der Waals surface area contributed by atoms with E-state index in [-0.39, 0.29) is 24.7 Å². The zero-order valence-electron chi connectivity index (χ0n) is 14.4. The van der Waals surface area contributed by atoms with Gasteiger partial charge in [-0.25, -0.2) is 4.79 Å². The predicted molar refractivity (Wildman–Crippen MR) is 94.2 cm³/mol. The number of rotatable bonds is 4. The average Bonchev–Trinajstić information content (AvgIpc) is 3.06. The quantitative estimate of drug-likeness (QED) is 0.888. The number of aliphatic carboxylic acids is 1. The van der Waals surface area contributed by atoms with Crippen molar-refractivity contribution in [2.45, 2.75) is 51.6 Å². The van der Waals surface area contributed by atoms with E-state index in [1.165, 1.54) is 15.3 Å². The molecule has 0 aromatic carbocycles. The van der Waals surface area contributed by atoms with Crippen LogP contribution in [0.25, 0.3) is 0 Å². The number of carboxylic acids is 1. The second-order valence-corrected chi connectivity index (χ2v) is 8.01. The highest BCUT2D eigenvalue weighted by Gasteiger charge is 2.34. The van der Waals surface area contributed by atoms with E-state index in [4.69, 9.17) is 0 Å². The fraction of sp³-hybridized carbons (Fsp3) is 0.611. The molecule has 0 spiro atoms. The van der Waals surface area contributed by atoms with Crippen molar-refractivity contribution in [3.8, 4) is 0 Å². The van der Waals surface area contributed by atoms with Gasteiger partial charge in [-0.15, -0.1) is 11.3 Å². The van der Waals surface area contributed by atoms with Gasteiger partial charge in [-0.3, -0.25) is 9.59 Å². The molecule has 136 valence electrons. The van der Waals surface area contributed by atoms with Gasteiger partial charge < -0.3 is 14.9 Å². The maximum absolute atomic E-state index is 12.5. The molecule has 2 aliphatic heterocycles. The monoisotopic (exact) mass is 364 g/mol. The van der Waals surface area contributed by atoms with Gasteiger partial charge in [-0.1, -0.05) is 6.92 Å². The minimum Gasteiger partial charge on any atom is -0.480 e. The summed E-state index contributed by atoms with van der Waals surface area (Å²) in [5, 5.41) is 11.4. The van der Waals surface area contributed by atoms with Crippen LogP contribution in [0.4, 0.5) is 0 Å². The molecule has 1 aromatic rings. The predicted octanol–water partition coefficient (Wildman–Crippen LogP) is 2.12. The first-order valence-corrected chi connectivity index (χ1v) is 9.69. The van der Waals surface area contributed by atoms with Crippen molar-refractivity contribution in [1.82, 2.24) is 9.80 Å². The summed E-state index contributed by atoms with van der Waals surface area (Å²) >= 11 is 1.72. The molecule has 6 nitrogen and oxygen atoms in total. The number of hydrogen-bond donors (Lipinski definition) is 1. The van der Waals surface area contributed by atoms with E-state index in [0.717, 1.165) is 12.8 Å². The van der Waals surface area contributed by atoms with Crippen LogP contribution < -0.4 is 0 Å². The zero-order chi connectivity index (χ0) is 18.0. The molecule has 3 heterocycles. The van der Waals surface area contributed by atoms with Crippen molar-refractivity contribution in [3.05, 3.63) is 21.9 Å². The van der Waals surface area contributed by atoms with Crippen molar-refractivity contribution in [1.29, 1.82) is 0 Å². The van der Waals surface area contributed by atoms with Gasteiger partial charge in [0.2, 0.25) is 11.8 Å². The Hall–Kier alpha value is -1.89. The second kappa shape index (κ2) is 7.56. The molecule has 0 saturated carbocycles. The maximum atomic E-state index is 12.5. The number of thiophene rings is 1. The van der Waals surface area contributed by atoms with Crippen molar-refractivity contribution in [2.75, 3.05) is 13.1 Å². The Morgan fingerprint density at radius 3 is 2.76 bits per heavy atom. The van der Waals surface area contributed by atoms with Crippen LogP contribution in [0, 0.1) is 5.92 Å². The van der Waals surface area contributed by atoms with Crippen molar-refractivity contribution in [2.24, 2.45) is 5.92 Å². The molecule has 0 bridgehead atoms. The summed E-state index contributed by atoms with van der Waals surface area (Å²) in [6.07, 6.45) is 2.41. The normalized spacial score (nSPS) is 23.2. The lowest BCUT2D eigenvalue weighted by molar-refractivity contribution is -0.153. The third-order valence-corrected chi connectivity index (χ3v) is 6.21. The number of carboxylic acid groups (broad SMARTS) is 1. The standard InChI is InChI=1S/C18H24N2O4S/c1-12-4-8-20(14(10-12)18(23)24)17(22)3-2-16(21)19-7-5-15-13(11-19)6-9-25-15/h6,9,12,14H,2-5,7-8,10-11H2,1H3,(H,23,24). The molecule has 1 N–H and O–H groups in total. The Labute approximate surface area is 151 Å². The highest BCUT2D eigenvalue weighted by Crippen LogP contribution is 2.26. The molecule has 2 aliphatic rings. The zero-order valence-corrected chi connectivity index (χ0v) is 15.3. The van der Waals surface area contributed by atoms with E-state index < -0.39 is 12.0 Å². The molecule has 1 saturated heterocycles. The first-order chi connectivity index (χ1) is 12.0. The minimum absolute atomic E-state index is 0.0255. The molecule has 7 heteroatoms. The van der Waals surface area contributed by atoms with Gasteiger partial charge in [0.1, 0.15) is 6.04 Å². The first kappa shape index (κ1) is 17.9. The number of nitrogens with zero attached hydrogens (tertiary/aromatic N) is 2. The van der Waals surface area contributed by atoms with Crippen LogP contribution in [0.2, 0.25) is 0 Å². The molecule has 1 fully saturated rings. The third-order valence-electron chi connectivity index (χ3n) is 5.18. The highest BCUT2D eigenvalue weighted by molar-refractivity contribution is 7.10. The Kier molecular flexibility index (Phi) is 5.42. The van der Waals surface area contributed by atoms with E-state index in [9.17, 15) is 19.5 Å². The number of amides is 2.